The van der Waals surface area contributed by atoms with Gasteiger partial charge in [0.1, 0.15) is 12.0 Å². The smallest absolute Gasteiger partial charge is 0.333 e. The van der Waals surface area contributed by atoms with Crippen molar-refractivity contribution < 1.29 is 17.3 Å². The Bertz CT molecular complexity index is 924. The van der Waals surface area contributed by atoms with Crippen LogP contribution in [-0.2, 0) is 19.2 Å². The summed E-state index contributed by atoms with van der Waals surface area (Å²) in [4.78, 5) is 8.71. The molecule has 26 heavy (non-hydrogen) atoms. The molecule has 0 aromatic carbocycles. The second kappa shape index (κ2) is 6.26. The van der Waals surface area contributed by atoms with Crippen LogP contribution in [0.15, 0.2) is 18.6 Å². The SMILES string of the molecule is CO[C@]1(C)[C@H](COS(N)(=O)=O)C[C@@H](n2ccc3c(C)ncnc32)C1(C)C. The van der Waals surface area contributed by atoms with E-state index in [0.717, 1.165) is 16.7 Å². The van der Waals surface area contributed by atoms with Crippen LogP contribution in [0.2, 0.25) is 0 Å². The number of fused-ring (bicyclic) bond motifs is 1. The fourth-order valence-corrected chi connectivity index (χ4v) is 4.64. The van der Waals surface area contributed by atoms with Crippen LogP contribution in [0.3, 0.4) is 0 Å². The Morgan fingerprint density at radius 1 is 1.35 bits per heavy atom. The highest BCUT2D eigenvalue weighted by molar-refractivity contribution is 7.84. The van der Waals surface area contributed by atoms with Crippen molar-refractivity contribution in [2.24, 2.45) is 16.5 Å². The maximum atomic E-state index is 11.3. The van der Waals surface area contributed by atoms with E-state index < -0.39 is 15.9 Å². The van der Waals surface area contributed by atoms with Crippen molar-refractivity contribution in [1.82, 2.24) is 14.5 Å². The molecule has 0 saturated heterocycles. The minimum Gasteiger partial charge on any atom is -0.378 e. The number of hydrogen-bond acceptors (Lipinski definition) is 6. The molecule has 3 atom stereocenters. The first-order valence-electron chi connectivity index (χ1n) is 8.51. The highest BCUT2D eigenvalue weighted by Crippen LogP contribution is 2.57. The van der Waals surface area contributed by atoms with Gasteiger partial charge in [0.2, 0.25) is 0 Å². The Hall–Kier alpha value is -1.55. The van der Waals surface area contributed by atoms with Crippen molar-refractivity contribution in [3.63, 3.8) is 0 Å². The number of nitrogens with two attached hydrogens (primary N) is 1. The maximum Gasteiger partial charge on any atom is 0.333 e. The molecule has 2 aromatic heterocycles. The van der Waals surface area contributed by atoms with E-state index in [9.17, 15) is 8.42 Å². The first-order valence-corrected chi connectivity index (χ1v) is 9.99. The number of hydrogen-bond donors (Lipinski definition) is 1. The molecule has 1 fully saturated rings. The normalized spacial score (nSPS) is 28.7. The fraction of sp³-hybridized carbons (Fsp3) is 0.647. The van der Waals surface area contributed by atoms with E-state index in [1.807, 2.05) is 26.1 Å². The van der Waals surface area contributed by atoms with Crippen LogP contribution < -0.4 is 5.14 Å². The van der Waals surface area contributed by atoms with Crippen LogP contribution in [0.25, 0.3) is 11.0 Å². The van der Waals surface area contributed by atoms with E-state index in [0.29, 0.717) is 6.42 Å². The second-order valence-electron chi connectivity index (χ2n) is 7.68. The molecule has 2 heterocycles. The second-order valence-corrected chi connectivity index (χ2v) is 8.90. The summed E-state index contributed by atoms with van der Waals surface area (Å²) in [5, 5.41) is 6.02. The van der Waals surface area contributed by atoms with Gasteiger partial charge in [-0.3, -0.25) is 4.18 Å². The van der Waals surface area contributed by atoms with Crippen molar-refractivity contribution in [2.75, 3.05) is 13.7 Å². The largest absolute Gasteiger partial charge is 0.378 e. The van der Waals surface area contributed by atoms with Crippen LogP contribution in [0.5, 0.6) is 0 Å². The van der Waals surface area contributed by atoms with E-state index in [1.165, 1.54) is 0 Å². The minimum atomic E-state index is -4.00. The zero-order chi connectivity index (χ0) is 19.3. The van der Waals surface area contributed by atoms with Gasteiger partial charge in [0, 0.05) is 36.1 Å². The van der Waals surface area contributed by atoms with Crippen molar-refractivity contribution >= 4 is 21.3 Å². The van der Waals surface area contributed by atoms with Gasteiger partial charge in [-0.05, 0) is 26.3 Å². The van der Waals surface area contributed by atoms with Crippen molar-refractivity contribution in [2.45, 2.75) is 45.8 Å². The predicted molar refractivity (Wildman–Crippen MR) is 97.7 cm³/mol. The fourth-order valence-electron chi connectivity index (χ4n) is 4.29. The molecule has 1 aliphatic rings. The third kappa shape index (κ3) is 2.92. The van der Waals surface area contributed by atoms with Gasteiger partial charge in [-0.25, -0.2) is 15.1 Å². The molecule has 9 heteroatoms. The molecule has 1 saturated carbocycles. The summed E-state index contributed by atoms with van der Waals surface area (Å²) in [7, 11) is -2.35. The van der Waals surface area contributed by atoms with E-state index in [2.05, 4.69) is 28.4 Å². The molecule has 2 N–H and O–H groups in total. The molecule has 1 aliphatic carbocycles. The molecular formula is C17H26N4O4S. The average molecular weight is 382 g/mol. The van der Waals surface area contributed by atoms with Crippen molar-refractivity contribution in [1.29, 1.82) is 0 Å². The zero-order valence-corrected chi connectivity index (χ0v) is 16.6. The summed E-state index contributed by atoms with van der Waals surface area (Å²) < 4.78 is 35.5. The van der Waals surface area contributed by atoms with Gasteiger partial charge in [-0.15, -0.1) is 0 Å². The summed E-state index contributed by atoms with van der Waals surface area (Å²) in [5.74, 6) is -0.147. The molecule has 3 rings (SSSR count). The van der Waals surface area contributed by atoms with Gasteiger partial charge >= 0.3 is 10.3 Å². The standard InChI is InChI=1S/C17H26N4O4S/c1-11-13-6-7-21(15(13)20-10-19-11)14-8-12(9-25-26(18,22)23)17(4,24-5)16(14,2)3/h6-7,10,12,14H,8-9H2,1-5H3,(H2,18,22,23)/t12-,14+,17+/m0/s1. The molecule has 0 spiro atoms. The molecule has 0 aliphatic heterocycles. The van der Waals surface area contributed by atoms with E-state index >= 15 is 0 Å². The molecular weight excluding hydrogens is 356 g/mol. The Morgan fingerprint density at radius 2 is 2.04 bits per heavy atom. The summed E-state index contributed by atoms with van der Waals surface area (Å²) in [5.41, 5.74) is 0.884. The van der Waals surface area contributed by atoms with Gasteiger partial charge in [0.05, 0.1) is 17.9 Å². The topological polar surface area (TPSA) is 109 Å². The van der Waals surface area contributed by atoms with Crippen molar-refractivity contribution in [3.05, 3.63) is 24.3 Å². The zero-order valence-electron chi connectivity index (χ0n) is 15.8. The molecule has 0 unspecified atom stereocenters. The summed E-state index contributed by atoms with van der Waals surface area (Å²) in [6, 6.07) is 2.06. The van der Waals surface area contributed by atoms with Gasteiger partial charge < -0.3 is 9.30 Å². The number of methoxy groups -OCH3 is 1. The minimum absolute atomic E-state index is 0.0175. The van der Waals surface area contributed by atoms with Crippen LogP contribution in [0.4, 0.5) is 0 Å². The van der Waals surface area contributed by atoms with E-state index in [1.54, 1.807) is 13.4 Å². The maximum absolute atomic E-state index is 11.3. The Balaban J connectivity index is 2.03. The lowest BCUT2D eigenvalue weighted by atomic mass is 9.74. The first kappa shape index (κ1) is 19.2. The number of aromatic nitrogens is 3. The Morgan fingerprint density at radius 3 is 2.65 bits per heavy atom. The highest BCUT2D eigenvalue weighted by atomic mass is 32.2. The third-order valence-corrected chi connectivity index (χ3v) is 6.77. The summed E-state index contributed by atoms with van der Waals surface area (Å²) in [6.45, 7) is 8.18. The predicted octanol–water partition coefficient (Wildman–Crippen LogP) is 1.95. The monoisotopic (exact) mass is 382 g/mol. The van der Waals surface area contributed by atoms with Gasteiger partial charge in [-0.2, -0.15) is 8.42 Å². The number of ether oxygens (including phenoxy) is 1. The number of nitrogens with zero attached hydrogens (tertiary/aromatic N) is 3. The average Bonchev–Trinajstić information content (AvgIpc) is 3.05. The van der Waals surface area contributed by atoms with Gasteiger partial charge in [-0.1, -0.05) is 13.8 Å². The molecule has 144 valence electrons. The lowest BCUT2D eigenvalue weighted by molar-refractivity contribution is -0.107. The first-order chi connectivity index (χ1) is 12.0. The highest BCUT2D eigenvalue weighted by Gasteiger charge is 2.59. The Kier molecular flexibility index (Phi) is 4.63. The third-order valence-electron chi connectivity index (χ3n) is 6.30. The van der Waals surface area contributed by atoms with Crippen LogP contribution in [-0.4, -0.2) is 42.3 Å². The van der Waals surface area contributed by atoms with Crippen LogP contribution in [0, 0.1) is 18.3 Å². The van der Waals surface area contributed by atoms with E-state index in [4.69, 9.17) is 14.1 Å². The molecule has 8 nitrogen and oxygen atoms in total. The number of rotatable bonds is 5. The van der Waals surface area contributed by atoms with Crippen molar-refractivity contribution in [3.8, 4) is 0 Å². The van der Waals surface area contributed by atoms with Gasteiger partial charge in [0.15, 0.2) is 0 Å². The van der Waals surface area contributed by atoms with Crippen LogP contribution in [0.1, 0.15) is 38.9 Å². The Labute approximate surface area is 154 Å². The number of aryl methyl sites for hydroxylation is 1. The van der Waals surface area contributed by atoms with Gasteiger partial charge in [0.25, 0.3) is 0 Å². The summed E-state index contributed by atoms with van der Waals surface area (Å²) in [6.07, 6.45) is 4.25. The lowest BCUT2D eigenvalue weighted by Gasteiger charge is -2.43. The quantitative estimate of drug-likeness (QED) is 0.846. The molecule has 2 aromatic rings. The molecule has 0 radical (unpaired) electrons. The summed E-state index contributed by atoms with van der Waals surface area (Å²) >= 11 is 0. The van der Waals surface area contributed by atoms with E-state index in [-0.39, 0.29) is 24.0 Å². The lowest BCUT2D eigenvalue weighted by Crippen LogP contribution is -2.47. The van der Waals surface area contributed by atoms with Crippen LogP contribution >= 0.6 is 0 Å². The molecule has 0 amide bonds. The molecule has 0 bridgehead atoms.